The van der Waals surface area contributed by atoms with Gasteiger partial charge in [0.05, 0.1) is 14.6 Å². The first kappa shape index (κ1) is 26.7. The van der Waals surface area contributed by atoms with Crippen LogP contribution < -0.4 is 5.32 Å². The summed E-state index contributed by atoms with van der Waals surface area (Å²) in [7, 11) is 0. The average molecular weight is 640 g/mol. The van der Waals surface area contributed by atoms with Crippen molar-refractivity contribution in [3.63, 3.8) is 0 Å². The van der Waals surface area contributed by atoms with Crippen molar-refractivity contribution in [2.24, 2.45) is 0 Å². The van der Waals surface area contributed by atoms with E-state index in [-0.39, 0.29) is 5.82 Å². The van der Waals surface area contributed by atoms with E-state index in [0.717, 1.165) is 42.8 Å². The van der Waals surface area contributed by atoms with Gasteiger partial charge in [-0.15, -0.1) is 0 Å². The monoisotopic (exact) mass is 638 g/mol. The molecule has 0 aliphatic carbocycles. The van der Waals surface area contributed by atoms with E-state index in [9.17, 15) is 4.39 Å². The molecule has 0 bridgehead atoms. The summed E-state index contributed by atoms with van der Waals surface area (Å²) in [6.45, 7) is 0. The van der Waals surface area contributed by atoms with Crippen molar-refractivity contribution in [3.05, 3.63) is 154 Å². The van der Waals surface area contributed by atoms with Crippen molar-refractivity contribution >= 4 is 60.2 Å². The smallest absolute Gasteiger partial charge is 0.123 e. The van der Waals surface area contributed by atoms with Crippen molar-refractivity contribution in [1.82, 2.24) is 4.57 Å². The van der Waals surface area contributed by atoms with Gasteiger partial charge in [-0.05, 0) is 116 Å². The molecule has 1 N–H and O–H groups in total. The topological polar surface area (TPSA) is 17.0 Å². The minimum Gasteiger partial charge on any atom is -0.355 e. The SMILES string of the molecule is BrC(Br)=Cc1ccccc1Nc1ccccc1.Fc1ccc(-c2cc3ccccc3n2-c2ccccc2)cc1. The van der Waals surface area contributed by atoms with Crippen LogP contribution in [-0.2, 0) is 0 Å². The normalized spacial score (nSPS) is 10.4. The summed E-state index contributed by atoms with van der Waals surface area (Å²) in [5.74, 6) is -0.217. The number of rotatable bonds is 5. The molecule has 0 aliphatic rings. The molecule has 1 aromatic heterocycles. The first-order chi connectivity index (χ1) is 19.1. The Balaban J connectivity index is 0.000000164. The predicted molar refractivity (Wildman–Crippen MR) is 171 cm³/mol. The summed E-state index contributed by atoms with van der Waals surface area (Å²) in [5.41, 5.74) is 7.60. The first-order valence-corrected chi connectivity index (χ1v) is 14.0. The number of nitrogens with one attached hydrogen (secondary N) is 1. The molecular formula is C34H25Br2FN2. The van der Waals surface area contributed by atoms with E-state index in [2.05, 4.69) is 84.2 Å². The molecule has 0 atom stereocenters. The molecule has 0 aliphatic heterocycles. The number of benzene rings is 5. The van der Waals surface area contributed by atoms with Crippen LogP contribution in [-0.4, -0.2) is 4.57 Å². The molecule has 0 saturated carbocycles. The Morgan fingerprint density at radius 2 is 1.28 bits per heavy atom. The van der Waals surface area contributed by atoms with Gasteiger partial charge >= 0.3 is 0 Å². The second-order valence-electron chi connectivity index (χ2n) is 8.78. The van der Waals surface area contributed by atoms with Crippen LogP contribution in [0.1, 0.15) is 5.56 Å². The van der Waals surface area contributed by atoms with Crippen LogP contribution in [0.5, 0.6) is 0 Å². The third kappa shape index (κ3) is 6.75. The van der Waals surface area contributed by atoms with Crippen molar-refractivity contribution in [1.29, 1.82) is 0 Å². The maximum Gasteiger partial charge on any atom is 0.123 e. The lowest BCUT2D eigenvalue weighted by Crippen LogP contribution is -1.96. The Bertz CT molecular complexity index is 1690. The standard InChI is InChI=1S/C20H14FN.C14H11Br2N/c21-17-12-10-15(11-13-17)20-14-16-6-4-5-9-19(16)22(20)18-7-2-1-3-8-18;15-14(16)10-11-6-4-5-9-13(11)17-12-7-2-1-3-8-12/h1-14H;1-10,17H. The quantitative estimate of drug-likeness (QED) is 0.198. The molecular weight excluding hydrogens is 615 g/mol. The number of anilines is 2. The van der Waals surface area contributed by atoms with Gasteiger partial charge in [-0.2, -0.15) is 0 Å². The fourth-order valence-electron chi connectivity index (χ4n) is 4.37. The van der Waals surface area contributed by atoms with Gasteiger partial charge in [-0.3, -0.25) is 0 Å². The molecule has 0 fully saturated rings. The molecule has 0 unspecified atom stereocenters. The molecule has 1 heterocycles. The summed E-state index contributed by atoms with van der Waals surface area (Å²) in [6.07, 6.45) is 2.02. The van der Waals surface area contributed by atoms with Crippen LogP contribution in [0.25, 0.3) is 33.9 Å². The van der Waals surface area contributed by atoms with E-state index in [0.29, 0.717) is 0 Å². The third-order valence-corrected chi connectivity index (χ3v) is 6.60. The van der Waals surface area contributed by atoms with E-state index in [1.807, 2.05) is 91.0 Å². The minimum atomic E-state index is -0.217. The highest BCUT2D eigenvalue weighted by atomic mass is 79.9. The van der Waals surface area contributed by atoms with Gasteiger partial charge in [0.25, 0.3) is 0 Å². The summed E-state index contributed by atoms with van der Waals surface area (Å²) in [4.78, 5) is 0. The van der Waals surface area contributed by atoms with Crippen LogP contribution in [0.3, 0.4) is 0 Å². The number of hydrogen-bond donors (Lipinski definition) is 1. The highest BCUT2D eigenvalue weighted by Gasteiger charge is 2.12. The van der Waals surface area contributed by atoms with Gasteiger partial charge in [-0.1, -0.05) is 72.8 Å². The van der Waals surface area contributed by atoms with Crippen molar-refractivity contribution in [3.8, 4) is 16.9 Å². The van der Waals surface area contributed by atoms with E-state index in [1.54, 1.807) is 0 Å². The highest BCUT2D eigenvalue weighted by molar-refractivity contribution is 9.28. The van der Waals surface area contributed by atoms with E-state index < -0.39 is 0 Å². The van der Waals surface area contributed by atoms with Crippen LogP contribution in [0.2, 0.25) is 0 Å². The number of para-hydroxylation sites is 4. The molecule has 192 valence electrons. The lowest BCUT2D eigenvalue weighted by Gasteiger charge is -2.11. The van der Waals surface area contributed by atoms with E-state index in [4.69, 9.17) is 0 Å². The molecule has 39 heavy (non-hydrogen) atoms. The summed E-state index contributed by atoms with van der Waals surface area (Å²) < 4.78 is 16.4. The minimum absolute atomic E-state index is 0.217. The highest BCUT2D eigenvalue weighted by Crippen LogP contribution is 2.31. The van der Waals surface area contributed by atoms with Gasteiger partial charge in [0.2, 0.25) is 0 Å². The van der Waals surface area contributed by atoms with Crippen LogP contribution in [0.15, 0.2) is 143 Å². The average Bonchev–Trinajstić information content (AvgIpc) is 3.35. The maximum absolute atomic E-state index is 13.2. The predicted octanol–water partition coefficient (Wildman–Crippen LogP) is 11.0. The molecule has 0 amide bonds. The van der Waals surface area contributed by atoms with Crippen molar-refractivity contribution in [2.75, 3.05) is 5.32 Å². The molecule has 2 nitrogen and oxygen atoms in total. The number of halogens is 3. The van der Waals surface area contributed by atoms with E-state index >= 15 is 0 Å². The Morgan fingerprint density at radius 3 is 2.00 bits per heavy atom. The van der Waals surface area contributed by atoms with Gasteiger partial charge in [0.15, 0.2) is 0 Å². The number of aromatic nitrogens is 1. The zero-order valence-electron chi connectivity index (χ0n) is 20.9. The molecule has 6 rings (SSSR count). The number of hydrogen-bond acceptors (Lipinski definition) is 1. The molecule has 0 spiro atoms. The molecule has 5 heteroatoms. The summed E-state index contributed by atoms with van der Waals surface area (Å²) in [6, 6.07) is 45.6. The van der Waals surface area contributed by atoms with Crippen LogP contribution in [0.4, 0.5) is 15.8 Å². The van der Waals surface area contributed by atoms with Gasteiger partial charge in [0, 0.05) is 22.4 Å². The fourth-order valence-corrected chi connectivity index (χ4v) is 4.87. The van der Waals surface area contributed by atoms with Gasteiger partial charge in [0.1, 0.15) is 5.82 Å². The third-order valence-electron chi connectivity index (χ3n) is 6.14. The first-order valence-electron chi connectivity index (χ1n) is 12.4. The number of fused-ring (bicyclic) bond motifs is 1. The summed E-state index contributed by atoms with van der Waals surface area (Å²) in [5, 5.41) is 4.56. The van der Waals surface area contributed by atoms with Crippen molar-refractivity contribution < 1.29 is 4.39 Å². The summed E-state index contributed by atoms with van der Waals surface area (Å²) >= 11 is 6.76. The molecule has 0 saturated heterocycles. The van der Waals surface area contributed by atoms with Crippen LogP contribution >= 0.6 is 31.9 Å². The Morgan fingerprint density at radius 1 is 0.667 bits per heavy atom. The van der Waals surface area contributed by atoms with E-state index in [1.165, 1.54) is 17.5 Å². The fraction of sp³-hybridized carbons (Fsp3) is 0. The second kappa shape index (κ2) is 12.7. The molecule has 0 radical (unpaired) electrons. The Labute approximate surface area is 244 Å². The zero-order chi connectivity index (χ0) is 27.0. The largest absolute Gasteiger partial charge is 0.355 e. The number of nitrogens with zero attached hydrogens (tertiary/aromatic N) is 1. The molecule has 6 aromatic rings. The van der Waals surface area contributed by atoms with Crippen molar-refractivity contribution in [2.45, 2.75) is 0 Å². The lowest BCUT2D eigenvalue weighted by atomic mass is 10.1. The lowest BCUT2D eigenvalue weighted by molar-refractivity contribution is 0.628. The van der Waals surface area contributed by atoms with Crippen LogP contribution in [0, 0.1) is 5.82 Å². The Kier molecular flexibility index (Phi) is 8.71. The maximum atomic E-state index is 13.2. The molecule has 5 aromatic carbocycles. The van der Waals surface area contributed by atoms with Gasteiger partial charge in [-0.25, -0.2) is 4.39 Å². The van der Waals surface area contributed by atoms with Gasteiger partial charge < -0.3 is 9.88 Å². The Hall–Kier alpha value is -3.93. The second-order valence-corrected chi connectivity index (χ2v) is 11.6. The zero-order valence-corrected chi connectivity index (χ0v) is 24.1.